The Hall–Kier alpha value is -1.61. The number of carbonyl (C=O) groups excluding carboxylic acids is 1. The predicted molar refractivity (Wildman–Crippen MR) is 79.3 cm³/mol. The Kier molecular flexibility index (Phi) is 4.84. The number of sulfone groups is 1. The highest BCUT2D eigenvalue weighted by atomic mass is 32.2. The average Bonchev–Trinajstić information content (AvgIpc) is 2.76. The van der Waals surface area contributed by atoms with Crippen molar-refractivity contribution in [1.82, 2.24) is 4.98 Å². The smallest absolute Gasteiger partial charge is 0.339 e. The van der Waals surface area contributed by atoms with Crippen molar-refractivity contribution >= 4 is 39.3 Å². The van der Waals surface area contributed by atoms with Crippen LogP contribution in [0.4, 0.5) is 5.82 Å². The molecule has 7 nitrogen and oxygen atoms in total. The zero-order chi connectivity index (χ0) is 15.5. The Balaban J connectivity index is 1.90. The van der Waals surface area contributed by atoms with E-state index < -0.39 is 21.7 Å². The van der Waals surface area contributed by atoms with E-state index >= 15 is 0 Å². The van der Waals surface area contributed by atoms with Crippen molar-refractivity contribution in [1.29, 1.82) is 0 Å². The van der Waals surface area contributed by atoms with Crippen LogP contribution in [-0.2, 0) is 14.6 Å². The Morgan fingerprint density at radius 3 is 2.86 bits per heavy atom. The molecule has 1 unspecified atom stereocenters. The number of carboxylic acid groups (broad SMARTS) is 1. The molecule has 9 heteroatoms. The van der Waals surface area contributed by atoms with E-state index in [0.717, 1.165) is 0 Å². The van der Waals surface area contributed by atoms with E-state index in [1.165, 1.54) is 30.1 Å². The number of carboxylic acids is 1. The normalized spacial score (nSPS) is 20.1. The van der Waals surface area contributed by atoms with E-state index in [2.05, 4.69) is 10.3 Å². The molecule has 2 N–H and O–H groups in total. The lowest BCUT2D eigenvalue weighted by Crippen LogP contribution is -2.19. The molecule has 1 aliphatic heterocycles. The van der Waals surface area contributed by atoms with Crippen LogP contribution in [0.15, 0.2) is 18.3 Å². The summed E-state index contributed by atoms with van der Waals surface area (Å²) in [4.78, 5) is 26.6. The van der Waals surface area contributed by atoms with Crippen molar-refractivity contribution < 1.29 is 23.1 Å². The number of anilines is 1. The highest BCUT2D eigenvalue weighted by Crippen LogP contribution is 2.24. The molecule has 1 fully saturated rings. The van der Waals surface area contributed by atoms with Crippen molar-refractivity contribution in [2.75, 3.05) is 22.6 Å². The van der Waals surface area contributed by atoms with Gasteiger partial charge in [0.15, 0.2) is 9.84 Å². The number of rotatable bonds is 5. The van der Waals surface area contributed by atoms with Crippen LogP contribution in [0, 0.1) is 0 Å². The van der Waals surface area contributed by atoms with Gasteiger partial charge < -0.3 is 10.4 Å². The fourth-order valence-electron chi connectivity index (χ4n) is 1.93. The fourth-order valence-corrected chi connectivity index (χ4v) is 5.37. The Morgan fingerprint density at radius 2 is 2.24 bits per heavy atom. The molecule has 0 radical (unpaired) electrons. The van der Waals surface area contributed by atoms with Crippen LogP contribution in [0.5, 0.6) is 0 Å². The SMILES string of the molecule is O=C(CSC1CCS(=O)(=O)C1)Nc1ncccc1C(=O)O. The highest BCUT2D eigenvalue weighted by Gasteiger charge is 2.28. The molecular formula is C12H14N2O5S2. The van der Waals surface area contributed by atoms with Gasteiger partial charge in [0.2, 0.25) is 5.91 Å². The maximum Gasteiger partial charge on any atom is 0.339 e. The van der Waals surface area contributed by atoms with Crippen molar-refractivity contribution in [3.63, 3.8) is 0 Å². The number of pyridine rings is 1. The van der Waals surface area contributed by atoms with Gasteiger partial charge in [-0.1, -0.05) is 0 Å². The van der Waals surface area contributed by atoms with Crippen LogP contribution in [0.25, 0.3) is 0 Å². The molecule has 0 aromatic carbocycles. The number of thioether (sulfide) groups is 1. The molecule has 1 atom stereocenters. The van der Waals surface area contributed by atoms with E-state index in [0.29, 0.717) is 6.42 Å². The van der Waals surface area contributed by atoms with Crippen molar-refractivity contribution in [2.45, 2.75) is 11.7 Å². The minimum atomic E-state index is -2.96. The second-order valence-electron chi connectivity index (χ2n) is 4.59. The molecule has 0 aliphatic carbocycles. The number of carbonyl (C=O) groups is 2. The number of amides is 1. The third-order valence-electron chi connectivity index (χ3n) is 2.94. The number of hydrogen-bond donors (Lipinski definition) is 2. The van der Waals surface area contributed by atoms with Gasteiger partial charge in [-0.15, -0.1) is 11.8 Å². The standard InChI is InChI=1S/C12H14N2O5S2/c15-10(6-20-8-3-5-21(18,19)7-8)14-11-9(12(16)17)2-1-4-13-11/h1-2,4,8H,3,5-7H2,(H,16,17)(H,13,14,15). The topological polar surface area (TPSA) is 113 Å². The quantitative estimate of drug-likeness (QED) is 0.814. The number of nitrogens with zero attached hydrogens (tertiary/aromatic N) is 1. The first-order valence-corrected chi connectivity index (χ1v) is 9.04. The summed E-state index contributed by atoms with van der Waals surface area (Å²) in [6.07, 6.45) is 1.93. The molecule has 0 bridgehead atoms. The Morgan fingerprint density at radius 1 is 1.48 bits per heavy atom. The van der Waals surface area contributed by atoms with Gasteiger partial charge in [0, 0.05) is 11.4 Å². The van der Waals surface area contributed by atoms with E-state index in [9.17, 15) is 18.0 Å². The van der Waals surface area contributed by atoms with Gasteiger partial charge in [0.1, 0.15) is 11.4 Å². The Labute approximate surface area is 126 Å². The molecule has 1 aromatic rings. The monoisotopic (exact) mass is 330 g/mol. The largest absolute Gasteiger partial charge is 0.478 e. The first-order chi connectivity index (χ1) is 9.87. The van der Waals surface area contributed by atoms with Crippen LogP contribution in [-0.4, -0.2) is 52.9 Å². The maximum atomic E-state index is 11.8. The van der Waals surface area contributed by atoms with Gasteiger partial charge in [0.05, 0.1) is 17.3 Å². The average molecular weight is 330 g/mol. The molecule has 0 saturated carbocycles. The zero-order valence-corrected chi connectivity index (χ0v) is 12.6. The van der Waals surface area contributed by atoms with Crippen molar-refractivity contribution in [3.8, 4) is 0 Å². The summed E-state index contributed by atoms with van der Waals surface area (Å²) >= 11 is 1.26. The Bertz CT molecular complexity index is 659. The molecule has 21 heavy (non-hydrogen) atoms. The molecule has 114 valence electrons. The molecule has 1 amide bonds. The lowest BCUT2D eigenvalue weighted by atomic mass is 10.2. The first kappa shape index (κ1) is 15.8. The van der Waals surface area contributed by atoms with E-state index in [1.807, 2.05) is 0 Å². The lowest BCUT2D eigenvalue weighted by molar-refractivity contribution is -0.113. The highest BCUT2D eigenvalue weighted by molar-refractivity contribution is 8.02. The zero-order valence-electron chi connectivity index (χ0n) is 11.0. The summed E-state index contributed by atoms with van der Waals surface area (Å²) < 4.78 is 22.6. The summed E-state index contributed by atoms with van der Waals surface area (Å²) in [5.41, 5.74) is -0.0840. The fraction of sp³-hybridized carbons (Fsp3) is 0.417. The molecule has 0 spiro atoms. The molecule has 2 heterocycles. The first-order valence-electron chi connectivity index (χ1n) is 6.17. The number of hydrogen-bond acceptors (Lipinski definition) is 6. The minimum Gasteiger partial charge on any atom is -0.478 e. The third-order valence-corrected chi connectivity index (χ3v) is 6.22. The summed E-state index contributed by atoms with van der Waals surface area (Å²) in [6, 6.07) is 2.82. The van der Waals surface area contributed by atoms with Crippen LogP contribution in [0.1, 0.15) is 16.8 Å². The van der Waals surface area contributed by atoms with Gasteiger partial charge in [-0.3, -0.25) is 4.79 Å². The summed E-state index contributed by atoms with van der Waals surface area (Å²) in [5.74, 6) is -1.26. The third kappa shape index (κ3) is 4.43. The van der Waals surface area contributed by atoms with Gasteiger partial charge in [-0.25, -0.2) is 18.2 Å². The minimum absolute atomic E-state index is 0.00496. The molecule has 1 aliphatic rings. The summed E-state index contributed by atoms with van der Waals surface area (Å²) in [6.45, 7) is 0. The van der Waals surface area contributed by atoms with Crippen LogP contribution in [0.3, 0.4) is 0 Å². The van der Waals surface area contributed by atoms with Crippen molar-refractivity contribution in [2.24, 2.45) is 0 Å². The number of aromatic carboxylic acids is 1. The van der Waals surface area contributed by atoms with Gasteiger partial charge in [-0.05, 0) is 18.6 Å². The van der Waals surface area contributed by atoms with Crippen LogP contribution in [0.2, 0.25) is 0 Å². The van der Waals surface area contributed by atoms with E-state index in [-0.39, 0.29) is 33.9 Å². The summed E-state index contributed by atoms with van der Waals surface area (Å²) in [7, 11) is -2.96. The number of aromatic nitrogens is 1. The van der Waals surface area contributed by atoms with Crippen LogP contribution < -0.4 is 5.32 Å². The second kappa shape index (κ2) is 6.44. The van der Waals surface area contributed by atoms with Crippen molar-refractivity contribution in [3.05, 3.63) is 23.9 Å². The molecular weight excluding hydrogens is 316 g/mol. The number of nitrogens with one attached hydrogen (secondary N) is 1. The van der Waals surface area contributed by atoms with E-state index in [4.69, 9.17) is 5.11 Å². The van der Waals surface area contributed by atoms with Gasteiger partial charge >= 0.3 is 5.97 Å². The maximum absolute atomic E-state index is 11.8. The second-order valence-corrected chi connectivity index (χ2v) is 8.11. The molecule has 1 aromatic heterocycles. The van der Waals surface area contributed by atoms with Crippen LogP contribution >= 0.6 is 11.8 Å². The molecule has 2 rings (SSSR count). The molecule has 1 saturated heterocycles. The predicted octanol–water partition coefficient (Wildman–Crippen LogP) is 0.639. The van der Waals surface area contributed by atoms with E-state index in [1.54, 1.807) is 0 Å². The van der Waals surface area contributed by atoms with Gasteiger partial charge in [0.25, 0.3) is 0 Å². The van der Waals surface area contributed by atoms with Gasteiger partial charge in [-0.2, -0.15) is 0 Å². The summed E-state index contributed by atoms with van der Waals surface area (Å²) in [5, 5.41) is 11.3. The lowest BCUT2D eigenvalue weighted by Gasteiger charge is -2.09.